The Bertz CT molecular complexity index is 375. The molecule has 1 fully saturated rings. The van der Waals surface area contributed by atoms with E-state index in [-0.39, 0.29) is 0 Å². The molecule has 0 spiro atoms. The first-order chi connectivity index (χ1) is 8.45. The summed E-state index contributed by atoms with van der Waals surface area (Å²) in [6, 6.07) is 6.90. The van der Waals surface area contributed by atoms with E-state index in [2.05, 4.69) is 23.5 Å². The van der Waals surface area contributed by atoms with Crippen LogP contribution in [-0.2, 0) is 6.42 Å². The number of nitrogens with one attached hydrogen (secondary N) is 1. The van der Waals surface area contributed by atoms with Crippen LogP contribution in [0.25, 0.3) is 0 Å². The molecule has 17 heavy (non-hydrogen) atoms. The van der Waals surface area contributed by atoms with E-state index in [0.717, 1.165) is 12.5 Å². The third-order valence-corrected chi connectivity index (χ3v) is 4.43. The highest BCUT2D eigenvalue weighted by molar-refractivity contribution is 5.57. The third kappa shape index (κ3) is 2.34. The molecule has 1 aliphatic heterocycles. The van der Waals surface area contributed by atoms with Gasteiger partial charge in [0.2, 0.25) is 0 Å². The summed E-state index contributed by atoms with van der Waals surface area (Å²) in [5.74, 6) is 0.840. The van der Waals surface area contributed by atoms with Gasteiger partial charge in [-0.3, -0.25) is 0 Å². The zero-order valence-electron chi connectivity index (χ0n) is 10.7. The highest BCUT2D eigenvalue weighted by Crippen LogP contribution is 2.37. The molecule has 1 N–H and O–H groups in total. The zero-order valence-corrected chi connectivity index (χ0v) is 10.7. The number of hydrogen-bond donors (Lipinski definition) is 1. The van der Waals surface area contributed by atoms with Crippen LogP contribution in [-0.4, -0.2) is 6.54 Å². The Balaban J connectivity index is 1.90. The second-order valence-corrected chi connectivity index (χ2v) is 5.59. The summed E-state index contributed by atoms with van der Waals surface area (Å²) in [4.78, 5) is 0. The van der Waals surface area contributed by atoms with Crippen molar-refractivity contribution in [1.29, 1.82) is 0 Å². The number of hydrogen-bond acceptors (Lipinski definition) is 1. The fraction of sp³-hybridized carbons (Fsp3) is 0.625. The zero-order chi connectivity index (χ0) is 11.5. The smallest absolute Gasteiger partial charge is 0.0375 e. The summed E-state index contributed by atoms with van der Waals surface area (Å²) in [5.41, 5.74) is 4.71. The summed E-state index contributed by atoms with van der Waals surface area (Å²) in [7, 11) is 0. The molecule has 92 valence electrons. The molecule has 1 aliphatic carbocycles. The van der Waals surface area contributed by atoms with E-state index in [1.807, 2.05) is 0 Å². The molecule has 1 saturated carbocycles. The Morgan fingerprint density at radius 3 is 2.59 bits per heavy atom. The van der Waals surface area contributed by atoms with Gasteiger partial charge in [0.1, 0.15) is 0 Å². The lowest BCUT2D eigenvalue weighted by atomic mass is 9.85. The number of rotatable bonds is 1. The van der Waals surface area contributed by atoms with Crippen molar-refractivity contribution in [1.82, 2.24) is 0 Å². The van der Waals surface area contributed by atoms with Gasteiger partial charge in [-0.1, -0.05) is 37.8 Å². The van der Waals surface area contributed by atoms with E-state index in [1.165, 1.54) is 57.1 Å². The van der Waals surface area contributed by atoms with E-state index in [9.17, 15) is 0 Å². The fourth-order valence-corrected chi connectivity index (χ4v) is 3.51. The maximum atomic E-state index is 3.56. The molecular formula is C16H23N. The van der Waals surface area contributed by atoms with Crippen LogP contribution >= 0.6 is 0 Å². The standard InChI is InChI=1S/C16H23N/c1-2-4-8-13(7-3-1)14-9-5-11-16-15(14)10-6-12-17-16/h5,9,11,13,17H,1-4,6-8,10,12H2. The van der Waals surface area contributed by atoms with Crippen molar-refractivity contribution < 1.29 is 0 Å². The highest BCUT2D eigenvalue weighted by atomic mass is 14.9. The highest BCUT2D eigenvalue weighted by Gasteiger charge is 2.20. The predicted molar refractivity (Wildman–Crippen MR) is 73.7 cm³/mol. The van der Waals surface area contributed by atoms with Gasteiger partial charge in [-0.2, -0.15) is 0 Å². The van der Waals surface area contributed by atoms with Crippen LogP contribution in [0.15, 0.2) is 18.2 Å². The average molecular weight is 229 g/mol. The maximum Gasteiger partial charge on any atom is 0.0375 e. The Morgan fingerprint density at radius 1 is 0.941 bits per heavy atom. The van der Waals surface area contributed by atoms with Crippen molar-refractivity contribution >= 4 is 5.69 Å². The monoisotopic (exact) mass is 229 g/mol. The van der Waals surface area contributed by atoms with Crippen LogP contribution in [0.1, 0.15) is 62.0 Å². The van der Waals surface area contributed by atoms with Crippen LogP contribution in [0.5, 0.6) is 0 Å². The second kappa shape index (κ2) is 5.12. The molecule has 1 heteroatoms. The van der Waals surface area contributed by atoms with Crippen molar-refractivity contribution in [3.8, 4) is 0 Å². The van der Waals surface area contributed by atoms with Gasteiger partial charge in [0.05, 0.1) is 0 Å². The minimum atomic E-state index is 0.840. The molecule has 0 bridgehead atoms. The lowest BCUT2D eigenvalue weighted by Gasteiger charge is -2.25. The van der Waals surface area contributed by atoms with Gasteiger partial charge in [-0.15, -0.1) is 0 Å². The molecule has 1 heterocycles. The van der Waals surface area contributed by atoms with Crippen molar-refractivity contribution in [3.05, 3.63) is 29.3 Å². The number of anilines is 1. The van der Waals surface area contributed by atoms with Crippen LogP contribution in [0.3, 0.4) is 0 Å². The minimum absolute atomic E-state index is 0.840. The average Bonchev–Trinajstić information content (AvgIpc) is 2.67. The topological polar surface area (TPSA) is 12.0 Å². The second-order valence-electron chi connectivity index (χ2n) is 5.59. The molecule has 2 aliphatic rings. The summed E-state index contributed by atoms with van der Waals surface area (Å²) in [6.45, 7) is 1.15. The largest absolute Gasteiger partial charge is 0.385 e. The normalized spacial score (nSPS) is 21.4. The summed E-state index contributed by atoms with van der Waals surface area (Å²) in [6.07, 6.45) is 11.2. The molecule has 1 aromatic carbocycles. The molecule has 0 aromatic heterocycles. The van der Waals surface area contributed by atoms with Gasteiger partial charge in [0.25, 0.3) is 0 Å². The van der Waals surface area contributed by atoms with E-state index in [0.29, 0.717) is 0 Å². The maximum absolute atomic E-state index is 3.56. The molecule has 3 rings (SSSR count). The minimum Gasteiger partial charge on any atom is -0.385 e. The van der Waals surface area contributed by atoms with E-state index < -0.39 is 0 Å². The molecule has 0 unspecified atom stereocenters. The molecule has 0 radical (unpaired) electrons. The van der Waals surface area contributed by atoms with Gasteiger partial charge in [-0.25, -0.2) is 0 Å². The first-order valence-corrected chi connectivity index (χ1v) is 7.31. The lowest BCUT2D eigenvalue weighted by Crippen LogP contribution is -2.14. The Hall–Kier alpha value is -0.980. The van der Waals surface area contributed by atoms with Crippen molar-refractivity contribution in [2.45, 2.75) is 57.3 Å². The van der Waals surface area contributed by atoms with E-state index in [1.54, 1.807) is 11.1 Å². The van der Waals surface area contributed by atoms with Crippen molar-refractivity contribution in [2.75, 3.05) is 11.9 Å². The van der Waals surface area contributed by atoms with Crippen molar-refractivity contribution in [2.24, 2.45) is 0 Å². The van der Waals surface area contributed by atoms with Crippen LogP contribution in [0.2, 0.25) is 0 Å². The first-order valence-electron chi connectivity index (χ1n) is 7.31. The summed E-state index contributed by atoms with van der Waals surface area (Å²) in [5, 5.41) is 3.56. The summed E-state index contributed by atoms with van der Waals surface area (Å²) >= 11 is 0. The van der Waals surface area contributed by atoms with Crippen molar-refractivity contribution in [3.63, 3.8) is 0 Å². The van der Waals surface area contributed by atoms with Gasteiger partial charge in [0, 0.05) is 12.2 Å². The Morgan fingerprint density at radius 2 is 1.76 bits per heavy atom. The SMILES string of the molecule is c1cc2c(c(C3CCCCCC3)c1)CCCN2. The predicted octanol–water partition coefficient (Wildman–Crippen LogP) is 4.48. The fourth-order valence-electron chi connectivity index (χ4n) is 3.51. The lowest BCUT2D eigenvalue weighted by molar-refractivity contribution is 0.585. The third-order valence-electron chi connectivity index (χ3n) is 4.43. The van der Waals surface area contributed by atoms with Gasteiger partial charge in [0.15, 0.2) is 0 Å². The van der Waals surface area contributed by atoms with Crippen LogP contribution < -0.4 is 5.32 Å². The molecule has 0 amide bonds. The van der Waals surface area contributed by atoms with E-state index >= 15 is 0 Å². The molecule has 1 nitrogen and oxygen atoms in total. The van der Waals surface area contributed by atoms with Gasteiger partial charge < -0.3 is 5.32 Å². The first kappa shape index (κ1) is 11.1. The Kier molecular flexibility index (Phi) is 3.35. The van der Waals surface area contributed by atoms with E-state index in [4.69, 9.17) is 0 Å². The number of fused-ring (bicyclic) bond motifs is 1. The Labute approximate surface area is 105 Å². The van der Waals surface area contributed by atoms with Crippen LogP contribution in [0.4, 0.5) is 5.69 Å². The molecular weight excluding hydrogens is 206 g/mol. The van der Waals surface area contributed by atoms with Gasteiger partial charge in [-0.05, 0) is 48.8 Å². The molecule has 1 aromatic rings. The van der Waals surface area contributed by atoms with Gasteiger partial charge >= 0.3 is 0 Å². The summed E-state index contributed by atoms with van der Waals surface area (Å²) < 4.78 is 0. The van der Waals surface area contributed by atoms with Crippen LogP contribution in [0, 0.1) is 0 Å². The quantitative estimate of drug-likeness (QED) is 0.700. The number of benzene rings is 1. The molecule has 0 atom stereocenters. The molecule has 0 saturated heterocycles.